The average molecular weight is 209 g/mol. The molecule has 1 amide bonds. The zero-order chi connectivity index (χ0) is 10.8. The van der Waals surface area contributed by atoms with Crippen LogP contribution in [0.2, 0.25) is 0 Å². The minimum Gasteiger partial charge on any atom is -0.329 e. The molecule has 0 radical (unpaired) electrons. The Kier molecular flexibility index (Phi) is 2.68. The fourth-order valence-corrected chi connectivity index (χ4v) is 1.97. The van der Waals surface area contributed by atoms with Crippen molar-refractivity contribution in [2.75, 3.05) is 13.1 Å². The lowest BCUT2D eigenvalue weighted by Crippen LogP contribution is -2.57. The Morgan fingerprint density at radius 1 is 1.47 bits per heavy atom. The Hall–Kier alpha value is -1.43. The van der Waals surface area contributed by atoms with E-state index in [9.17, 15) is 4.79 Å². The summed E-state index contributed by atoms with van der Waals surface area (Å²) < 4.78 is 0. The predicted molar refractivity (Wildman–Crippen MR) is 54.3 cm³/mol. The summed E-state index contributed by atoms with van der Waals surface area (Å²) in [4.78, 5) is 13.9. The number of H-pyrrole nitrogens is 1. The highest BCUT2D eigenvalue weighted by Gasteiger charge is 2.30. The first kappa shape index (κ1) is 10.1. The van der Waals surface area contributed by atoms with Crippen molar-refractivity contribution in [3.63, 3.8) is 0 Å². The highest BCUT2D eigenvalue weighted by molar-refractivity contribution is 5.92. The molecule has 2 atom stereocenters. The molecule has 82 valence electrons. The number of amides is 1. The second kappa shape index (κ2) is 3.98. The van der Waals surface area contributed by atoms with Crippen molar-refractivity contribution in [2.45, 2.75) is 25.9 Å². The van der Waals surface area contributed by atoms with Crippen LogP contribution < -0.4 is 5.32 Å². The number of nitrogens with one attached hydrogen (secondary N) is 2. The molecule has 1 aromatic heterocycles. The van der Waals surface area contributed by atoms with E-state index in [4.69, 9.17) is 0 Å². The van der Waals surface area contributed by atoms with Crippen LogP contribution in [-0.2, 0) is 0 Å². The summed E-state index contributed by atoms with van der Waals surface area (Å²) >= 11 is 0. The second-order valence-electron chi connectivity index (χ2n) is 3.92. The molecule has 1 aliphatic rings. The lowest BCUT2D eigenvalue weighted by molar-refractivity contribution is 0.0538. The third-order valence-electron chi connectivity index (χ3n) is 2.70. The van der Waals surface area contributed by atoms with Crippen LogP contribution in [0.1, 0.15) is 24.3 Å². The average Bonchev–Trinajstić information content (AvgIpc) is 2.69. The fourth-order valence-electron chi connectivity index (χ4n) is 1.97. The van der Waals surface area contributed by atoms with Gasteiger partial charge in [-0.05, 0) is 13.8 Å². The number of hydrogen-bond donors (Lipinski definition) is 2. The molecule has 0 bridgehead atoms. The molecule has 2 unspecified atom stereocenters. The van der Waals surface area contributed by atoms with Gasteiger partial charge < -0.3 is 10.2 Å². The van der Waals surface area contributed by atoms with Crippen LogP contribution in [0.5, 0.6) is 0 Å². The quantitative estimate of drug-likeness (QED) is 0.661. The van der Waals surface area contributed by atoms with Gasteiger partial charge in [-0.2, -0.15) is 15.4 Å². The van der Waals surface area contributed by atoms with Crippen LogP contribution in [0, 0.1) is 0 Å². The molecular formula is C9H15N5O. The van der Waals surface area contributed by atoms with E-state index in [1.165, 1.54) is 6.20 Å². The van der Waals surface area contributed by atoms with Crippen LogP contribution in [0.25, 0.3) is 0 Å². The molecule has 2 N–H and O–H groups in total. The van der Waals surface area contributed by atoms with Gasteiger partial charge in [-0.25, -0.2) is 0 Å². The predicted octanol–water partition coefficient (Wildman–Crippen LogP) is -0.373. The molecule has 0 aromatic carbocycles. The normalized spacial score (nSPS) is 26.7. The number of hydrogen-bond acceptors (Lipinski definition) is 4. The zero-order valence-electron chi connectivity index (χ0n) is 8.90. The van der Waals surface area contributed by atoms with Gasteiger partial charge in [0.1, 0.15) is 0 Å². The van der Waals surface area contributed by atoms with E-state index in [1.807, 2.05) is 18.7 Å². The number of aromatic amines is 1. The van der Waals surface area contributed by atoms with Crippen LogP contribution in [0.15, 0.2) is 6.20 Å². The molecule has 0 saturated carbocycles. The molecule has 1 aromatic rings. The minimum absolute atomic E-state index is 0.0507. The lowest BCUT2D eigenvalue weighted by atomic mass is 10.1. The Morgan fingerprint density at radius 2 is 2.13 bits per heavy atom. The highest BCUT2D eigenvalue weighted by Crippen LogP contribution is 2.12. The molecular weight excluding hydrogens is 194 g/mol. The Bertz CT molecular complexity index is 326. The lowest BCUT2D eigenvalue weighted by Gasteiger charge is -2.38. The van der Waals surface area contributed by atoms with Gasteiger partial charge in [0.15, 0.2) is 5.69 Å². The molecule has 2 rings (SSSR count). The summed E-state index contributed by atoms with van der Waals surface area (Å²) in [5, 5.41) is 13.2. The van der Waals surface area contributed by atoms with Crippen molar-refractivity contribution in [3.05, 3.63) is 11.9 Å². The topological polar surface area (TPSA) is 73.9 Å². The molecule has 1 fully saturated rings. The van der Waals surface area contributed by atoms with Gasteiger partial charge in [0.05, 0.1) is 6.20 Å². The van der Waals surface area contributed by atoms with Crippen molar-refractivity contribution < 1.29 is 4.79 Å². The highest BCUT2D eigenvalue weighted by atomic mass is 16.2. The van der Waals surface area contributed by atoms with Gasteiger partial charge in [0.25, 0.3) is 5.91 Å². The van der Waals surface area contributed by atoms with Crippen molar-refractivity contribution in [3.8, 4) is 0 Å². The third-order valence-corrected chi connectivity index (χ3v) is 2.70. The first-order valence-electron chi connectivity index (χ1n) is 5.09. The van der Waals surface area contributed by atoms with E-state index in [-0.39, 0.29) is 18.0 Å². The molecule has 15 heavy (non-hydrogen) atoms. The second-order valence-corrected chi connectivity index (χ2v) is 3.92. The Labute approximate surface area is 88.0 Å². The van der Waals surface area contributed by atoms with Gasteiger partial charge >= 0.3 is 0 Å². The number of piperazine rings is 1. The van der Waals surface area contributed by atoms with Gasteiger partial charge in [0, 0.05) is 25.2 Å². The number of carbonyl (C=O) groups is 1. The number of rotatable bonds is 1. The molecule has 1 aliphatic heterocycles. The SMILES string of the molecule is CC1CNCC(C)N1C(=O)c1cn[nH]n1. The Balaban J connectivity index is 2.17. The number of aromatic nitrogens is 3. The summed E-state index contributed by atoms with van der Waals surface area (Å²) in [5.74, 6) is -0.0507. The van der Waals surface area contributed by atoms with Crippen LogP contribution in [0.3, 0.4) is 0 Å². The van der Waals surface area contributed by atoms with Crippen LogP contribution in [0.4, 0.5) is 0 Å². The summed E-state index contributed by atoms with van der Waals surface area (Å²) in [6.07, 6.45) is 1.46. The third kappa shape index (κ3) is 1.85. The molecule has 1 saturated heterocycles. The van der Waals surface area contributed by atoms with E-state index in [0.717, 1.165) is 13.1 Å². The van der Waals surface area contributed by atoms with Crippen LogP contribution >= 0.6 is 0 Å². The number of nitrogens with zero attached hydrogens (tertiary/aromatic N) is 3. The van der Waals surface area contributed by atoms with Crippen molar-refractivity contribution in [2.24, 2.45) is 0 Å². The van der Waals surface area contributed by atoms with Gasteiger partial charge in [-0.15, -0.1) is 0 Å². The Morgan fingerprint density at radius 3 is 2.67 bits per heavy atom. The zero-order valence-corrected chi connectivity index (χ0v) is 8.90. The molecule has 0 spiro atoms. The van der Waals surface area contributed by atoms with Crippen molar-refractivity contribution in [1.82, 2.24) is 25.6 Å². The summed E-state index contributed by atoms with van der Waals surface area (Å²) in [6.45, 7) is 5.71. The summed E-state index contributed by atoms with van der Waals surface area (Å²) in [5.41, 5.74) is 0.385. The largest absolute Gasteiger partial charge is 0.329 e. The fraction of sp³-hybridized carbons (Fsp3) is 0.667. The van der Waals surface area contributed by atoms with Crippen molar-refractivity contribution in [1.29, 1.82) is 0 Å². The van der Waals surface area contributed by atoms with Gasteiger partial charge in [-0.1, -0.05) is 0 Å². The van der Waals surface area contributed by atoms with Gasteiger partial charge in [-0.3, -0.25) is 4.79 Å². The van der Waals surface area contributed by atoms with E-state index in [1.54, 1.807) is 0 Å². The maximum absolute atomic E-state index is 12.1. The molecule has 0 aliphatic carbocycles. The minimum atomic E-state index is -0.0507. The monoisotopic (exact) mass is 209 g/mol. The number of carbonyl (C=O) groups excluding carboxylic acids is 1. The van der Waals surface area contributed by atoms with Crippen molar-refractivity contribution >= 4 is 5.91 Å². The molecule has 2 heterocycles. The molecule has 6 heteroatoms. The van der Waals surface area contributed by atoms with E-state index >= 15 is 0 Å². The first-order valence-corrected chi connectivity index (χ1v) is 5.09. The summed E-state index contributed by atoms with van der Waals surface area (Å²) in [6, 6.07) is 0.385. The van der Waals surface area contributed by atoms with E-state index in [2.05, 4.69) is 20.7 Å². The van der Waals surface area contributed by atoms with Gasteiger partial charge in [0.2, 0.25) is 0 Å². The maximum atomic E-state index is 12.1. The van der Waals surface area contributed by atoms with E-state index in [0.29, 0.717) is 5.69 Å². The van der Waals surface area contributed by atoms with Crippen LogP contribution in [-0.4, -0.2) is 51.4 Å². The molecule has 6 nitrogen and oxygen atoms in total. The first-order chi connectivity index (χ1) is 7.20. The van der Waals surface area contributed by atoms with E-state index < -0.39 is 0 Å². The maximum Gasteiger partial charge on any atom is 0.276 e. The smallest absolute Gasteiger partial charge is 0.276 e. The summed E-state index contributed by atoms with van der Waals surface area (Å²) in [7, 11) is 0. The standard InChI is InChI=1S/C9H15N5O/c1-6-3-10-4-7(2)14(6)9(15)8-5-11-13-12-8/h5-7,10H,3-4H2,1-2H3,(H,11,12,13).